The first-order chi connectivity index (χ1) is 6.10. The third-order valence-corrected chi connectivity index (χ3v) is 4.69. The molecule has 4 heteroatoms. The SMILES string of the molecule is NC(=O)C1(N)CC2CCCC(C1)S2. The van der Waals surface area contributed by atoms with Crippen molar-refractivity contribution >= 4 is 17.7 Å². The quantitative estimate of drug-likeness (QED) is 0.652. The molecule has 0 saturated carbocycles. The summed E-state index contributed by atoms with van der Waals surface area (Å²) < 4.78 is 0. The van der Waals surface area contributed by atoms with E-state index in [4.69, 9.17) is 11.5 Å². The van der Waals surface area contributed by atoms with Crippen LogP contribution < -0.4 is 11.5 Å². The number of hydrogen-bond donors (Lipinski definition) is 2. The molecule has 4 N–H and O–H groups in total. The number of nitrogens with two attached hydrogens (primary N) is 2. The van der Waals surface area contributed by atoms with Crippen molar-refractivity contribution in [2.24, 2.45) is 11.5 Å². The lowest BCUT2D eigenvalue weighted by Gasteiger charge is -2.42. The smallest absolute Gasteiger partial charge is 0.237 e. The van der Waals surface area contributed by atoms with Crippen molar-refractivity contribution in [2.45, 2.75) is 48.1 Å². The molecule has 2 fully saturated rings. The molecule has 0 aromatic carbocycles. The predicted molar refractivity (Wildman–Crippen MR) is 54.4 cm³/mol. The first-order valence-electron chi connectivity index (χ1n) is 4.84. The molecule has 0 radical (unpaired) electrons. The van der Waals surface area contributed by atoms with Gasteiger partial charge < -0.3 is 11.5 Å². The topological polar surface area (TPSA) is 69.1 Å². The van der Waals surface area contributed by atoms with Gasteiger partial charge in [-0.15, -0.1) is 0 Å². The summed E-state index contributed by atoms with van der Waals surface area (Å²) in [5, 5.41) is 1.15. The molecule has 3 nitrogen and oxygen atoms in total. The molecular formula is C9H16N2OS. The predicted octanol–water partition coefficient (Wildman–Crippen LogP) is 0.617. The average Bonchev–Trinajstić information content (AvgIpc) is 2.02. The van der Waals surface area contributed by atoms with E-state index in [1.165, 1.54) is 19.3 Å². The van der Waals surface area contributed by atoms with Gasteiger partial charge in [-0.3, -0.25) is 4.79 Å². The standard InChI is InChI=1S/C9H16N2OS/c10-8(12)9(11)4-6-2-1-3-7(5-9)13-6/h6-7H,1-5,11H2,(H2,10,12). The molecule has 2 aliphatic heterocycles. The van der Waals surface area contributed by atoms with Crippen LogP contribution in [0.15, 0.2) is 0 Å². The van der Waals surface area contributed by atoms with Crippen molar-refractivity contribution in [2.75, 3.05) is 0 Å². The third-order valence-electron chi connectivity index (χ3n) is 3.11. The number of hydrogen-bond acceptors (Lipinski definition) is 3. The van der Waals surface area contributed by atoms with Crippen LogP contribution in [0.4, 0.5) is 0 Å². The first-order valence-corrected chi connectivity index (χ1v) is 5.79. The lowest BCUT2D eigenvalue weighted by Crippen LogP contribution is -2.58. The number of carbonyl (C=O) groups excluding carboxylic acids is 1. The Bertz CT molecular complexity index is 220. The van der Waals surface area contributed by atoms with Crippen molar-refractivity contribution < 1.29 is 4.79 Å². The Morgan fingerprint density at radius 1 is 1.31 bits per heavy atom. The fourth-order valence-corrected chi connectivity index (χ4v) is 4.32. The zero-order valence-electron chi connectivity index (χ0n) is 7.66. The van der Waals surface area contributed by atoms with E-state index in [2.05, 4.69) is 0 Å². The van der Waals surface area contributed by atoms with Crippen LogP contribution in [0, 0.1) is 0 Å². The van der Waals surface area contributed by atoms with E-state index in [-0.39, 0.29) is 5.91 Å². The molecule has 2 bridgehead atoms. The molecule has 0 spiro atoms. The number of fused-ring (bicyclic) bond motifs is 2. The lowest BCUT2D eigenvalue weighted by molar-refractivity contribution is -0.123. The fraction of sp³-hybridized carbons (Fsp3) is 0.889. The van der Waals surface area contributed by atoms with Gasteiger partial charge in [-0.25, -0.2) is 0 Å². The van der Waals surface area contributed by atoms with Gasteiger partial charge in [0.1, 0.15) is 0 Å². The minimum absolute atomic E-state index is 0.315. The summed E-state index contributed by atoms with van der Waals surface area (Å²) in [5.41, 5.74) is 10.6. The zero-order chi connectivity index (χ0) is 9.47. The van der Waals surface area contributed by atoms with Gasteiger partial charge in [0.05, 0.1) is 5.54 Å². The largest absolute Gasteiger partial charge is 0.368 e. The summed E-state index contributed by atoms with van der Waals surface area (Å²) in [6.07, 6.45) is 5.25. The monoisotopic (exact) mass is 200 g/mol. The number of rotatable bonds is 1. The molecule has 13 heavy (non-hydrogen) atoms. The van der Waals surface area contributed by atoms with Crippen LogP contribution in [0.25, 0.3) is 0 Å². The van der Waals surface area contributed by atoms with Gasteiger partial charge in [0.15, 0.2) is 0 Å². The van der Waals surface area contributed by atoms with Crippen LogP contribution in [0.5, 0.6) is 0 Å². The van der Waals surface area contributed by atoms with Crippen molar-refractivity contribution in [1.29, 1.82) is 0 Å². The van der Waals surface area contributed by atoms with Crippen LogP contribution in [-0.4, -0.2) is 21.9 Å². The van der Waals surface area contributed by atoms with E-state index >= 15 is 0 Å². The second kappa shape index (κ2) is 3.17. The number of thioether (sulfide) groups is 1. The van der Waals surface area contributed by atoms with Crippen LogP contribution >= 0.6 is 11.8 Å². The van der Waals surface area contributed by atoms with Gasteiger partial charge in [0.25, 0.3) is 0 Å². The summed E-state index contributed by atoms with van der Waals surface area (Å²) in [6, 6.07) is 0. The van der Waals surface area contributed by atoms with E-state index in [0.717, 1.165) is 12.8 Å². The van der Waals surface area contributed by atoms with Gasteiger partial charge in [0.2, 0.25) is 5.91 Å². The fourth-order valence-electron chi connectivity index (χ4n) is 2.38. The average molecular weight is 200 g/mol. The highest BCUT2D eigenvalue weighted by atomic mass is 32.2. The Balaban J connectivity index is 2.13. The Morgan fingerprint density at radius 2 is 1.85 bits per heavy atom. The maximum atomic E-state index is 11.2. The van der Waals surface area contributed by atoms with E-state index in [1.807, 2.05) is 11.8 Å². The molecule has 0 aromatic heterocycles. The summed E-state index contributed by atoms with van der Waals surface area (Å²) in [5.74, 6) is -0.315. The van der Waals surface area contributed by atoms with Gasteiger partial charge in [-0.2, -0.15) is 11.8 Å². The van der Waals surface area contributed by atoms with Gasteiger partial charge >= 0.3 is 0 Å². The lowest BCUT2D eigenvalue weighted by atomic mass is 9.83. The second-order valence-corrected chi connectivity index (χ2v) is 5.85. The molecule has 0 aromatic rings. The minimum Gasteiger partial charge on any atom is -0.368 e. The number of primary amides is 1. The van der Waals surface area contributed by atoms with Crippen molar-refractivity contribution in [3.05, 3.63) is 0 Å². The zero-order valence-corrected chi connectivity index (χ0v) is 8.48. The van der Waals surface area contributed by atoms with E-state index < -0.39 is 5.54 Å². The summed E-state index contributed by atoms with van der Waals surface area (Å²) >= 11 is 2.01. The Labute approximate surface area is 82.6 Å². The minimum atomic E-state index is -0.707. The van der Waals surface area contributed by atoms with E-state index in [9.17, 15) is 4.79 Å². The normalized spacial score (nSPS) is 44.4. The maximum absolute atomic E-state index is 11.2. The molecule has 2 heterocycles. The van der Waals surface area contributed by atoms with E-state index in [1.54, 1.807) is 0 Å². The number of carbonyl (C=O) groups is 1. The van der Waals surface area contributed by atoms with Gasteiger partial charge in [0, 0.05) is 10.5 Å². The molecule has 2 saturated heterocycles. The summed E-state index contributed by atoms with van der Waals surface area (Å²) in [6.45, 7) is 0. The third kappa shape index (κ3) is 1.70. The maximum Gasteiger partial charge on any atom is 0.237 e. The molecule has 2 rings (SSSR count). The van der Waals surface area contributed by atoms with Crippen molar-refractivity contribution in [3.63, 3.8) is 0 Å². The Kier molecular flexibility index (Phi) is 2.28. The summed E-state index contributed by atoms with van der Waals surface area (Å²) in [7, 11) is 0. The van der Waals surface area contributed by atoms with Crippen molar-refractivity contribution in [3.8, 4) is 0 Å². The van der Waals surface area contributed by atoms with Crippen LogP contribution in [0.2, 0.25) is 0 Å². The molecule has 2 atom stereocenters. The first kappa shape index (κ1) is 9.34. The highest BCUT2D eigenvalue weighted by Gasteiger charge is 2.43. The Morgan fingerprint density at radius 3 is 2.31 bits per heavy atom. The molecular weight excluding hydrogens is 184 g/mol. The number of amides is 1. The molecule has 0 aliphatic carbocycles. The highest BCUT2D eigenvalue weighted by Crippen LogP contribution is 2.44. The molecule has 74 valence electrons. The van der Waals surface area contributed by atoms with Crippen LogP contribution in [-0.2, 0) is 4.79 Å². The summed E-state index contributed by atoms with van der Waals surface area (Å²) in [4.78, 5) is 11.2. The molecule has 2 unspecified atom stereocenters. The van der Waals surface area contributed by atoms with Crippen LogP contribution in [0.1, 0.15) is 32.1 Å². The van der Waals surface area contributed by atoms with Crippen LogP contribution in [0.3, 0.4) is 0 Å². The van der Waals surface area contributed by atoms with Gasteiger partial charge in [-0.1, -0.05) is 6.42 Å². The van der Waals surface area contributed by atoms with E-state index in [0.29, 0.717) is 10.5 Å². The highest BCUT2D eigenvalue weighted by molar-refractivity contribution is 8.00. The molecule has 1 amide bonds. The second-order valence-electron chi connectivity index (χ2n) is 4.24. The molecule has 2 aliphatic rings. The Hall–Kier alpha value is -0.220. The van der Waals surface area contributed by atoms with Crippen molar-refractivity contribution in [1.82, 2.24) is 0 Å². The van der Waals surface area contributed by atoms with Gasteiger partial charge in [-0.05, 0) is 25.7 Å².